The molecule has 1 amide bonds. The van der Waals surface area contributed by atoms with Gasteiger partial charge in [-0.15, -0.1) is 0 Å². The smallest absolute Gasteiger partial charge is 0.207 e. The minimum Gasteiger partial charge on any atom is -0.356 e. The summed E-state index contributed by atoms with van der Waals surface area (Å²) in [6, 6.07) is 0.435. The topological polar surface area (TPSA) is 29.1 Å². The molecule has 1 saturated carbocycles. The van der Waals surface area contributed by atoms with E-state index in [1.807, 2.05) is 0 Å². The maximum atomic E-state index is 10.2. The van der Waals surface area contributed by atoms with Crippen molar-refractivity contribution in [2.75, 3.05) is 0 Å². The third-order valence-electron chi connectivity index (χ3n) is 2.88. The van der Waals surface area contributed by atoms with E-state index in [9.17, 15) is 4.79 Å². The van der Waals surface area contributed by atoms with Gasteiger partial charge in [-0.05, 0) is 31.1 Å². The van der Waals surface area contributed by atoms with Gasteiger partial charge in [-0.25, -0.2) is 0 Å². The number of amides is 1. The van der Waals surface area contributed by atoms with Crippen LogP contribution in [0.4, 0.5) is 0 Å². The lowest BCUT2D eigenvalue weighted by Gasteiger charge is -2.21. The Labute approximate surface area is 74.7 Å². The first-order valence-electron chi connectivity index (χ1n) is 4.84. The van der Waals surface area contributed by atoms with Crippen LogP contribution < -0.4 is 5.32 Å². The normalized spacial score (nSPS) is 29.0. The molecule has 0 aliphatic heterocycles. The van der Waals surface area contributed by atoms with Gasteiger partial charge < -0.3 is 5.32 Å². The van der Waals surface area contributed by atoms with E-state index in [-0.39, 0.29) is 0 Å². The average molecular weight is 169 g/mol. The lowest BCUT2D eigenvalue weighted by Crippen LogP contribution is -2.27. The Morgan fingerprint density at radius 1 is 1.33 bits per heavy atom. The maximum Gasteiger partial charge on any atom is 0.207 e. The van der Waals surface area contributed by atoms with E-state index in [2.05, 4.69) is 19.2 Å². The predicted octanol–water partition coefficient (Wildman–Crippen LogP) is 2.09. The zero-order valence-corrected chi connectivity index (χ0v) is 8.10. The highest BCUT2D eigenvalue weighted by Crippen LogP contribution is 2.33. The molecule has 0 aromatic rings. The highest BCUT2D eigenvalue weighted by Gasteiger charge is 2.23. The fourth-order valence-corrected chi connectivity index (χ4v) is 1.92. The van der Waals surface area contributed by atoms with Gasteiger partial charge in [0, 0.05) is 6.04 Å². The van der Waals surface area contributed by atoms with Crippen molar-refractivity contribution in [2.45, 2.75) is 52.0 Å². The second kappa shape index (κ2) is 3.92. The molecular weight excluding hydrogens is 150 g/mol. The van der Waals surface area contributed by atoms with Crippen LogP contribution in [0.5, 0.6) is 0 Å². The summed E-state index contributed by atoms with van der Waals surface area (Å²) in [4.78, 5) is 10.2. The summed E-state index contributed by atoms with van der Waals surface area (Å²) in [6.45, 7) is 4.63. The van der Waals surface area contributed by atoms with E-state index in [1.165, 1.54) is 19.3 Å². The number of hydrogen-bond acceptors (Lipinski definition) is 1. The van der Waals surface area contributed by atoms with E-state index >= 15 is 0 Å². The van der Waals surface area contributed by atoms with Gasteiger partial charge in [0.15, 0.2) is 0 Å². The number of hydrogen-bond donors (Lipinski definition) is 1. The highest BCUT2D eigenvalue weighted by molar-refractivity contribution is 5.46. The molecule has 1 unspecified atom stereocenters. The molecule has 0 heterocycles. The van der Waals surface area contributed by atoms with Crippen LogP contribution in [-0.4, -0.2) is 12.5 Å². The molecule has 1 fully saturated rings. The molecule has 1 aliphatic carbocycles. The highest BCUT2D eigenvalue weighted by atomic mass is 16.1. The van der Waals surface area contributed by atoms with Crippen LogP contribution in [0.15, 0.2) is 0 Å². The van der Waals surface area contributed by atoms with Crippen molar-refractivity contribution < 1.29 is 4.79 Å². The van der Waals surface area contributed by atoms with Crippen molar-refractivity contribution in [3.8, 4) is 0 Å². The van der Waals surface area contributed by atoms with Crippen LogP contribution in [0.25, 0.3) is 0 Å². The second-order valence-electron chi connectivity index (χ2n) is 4.58. The van der Waals surface area contributed by atoms with Crippen LogP contribution in [0.3, 0.4) is 0 Å². The summed E-state index contributed by atoms with van der Waals surface area (Å²) >= 11 is 0. The molecule has 1 rings (SSSR count). The van der Waals surface area contributed by atoms with Crippen molar-refractivity contribution in [1.29, 1.82) is 0 Å². The number of carbonyl (C=O) groups is 1. The second-order valence-corrected chi connectivity index (χ2v) is 4.58. The average Bonchev–Trinajstić information content (AvgIpc) is 2.14. The fraction of sp³-hybridized carbons (Fsp3) is 0.900. The molecule has 0 aromatic carbocycles. The molecule has 1 N–H and O–H groups in total. The zero-order valence-electron chi connectivity index (χ0n) is 8.10. The van der Waals surface area contributed by atoms with Crippen molar-refractivity contribution >= 4 is 6.41 Å². The molecule has 2 nitrogen and oxygen atoms in total. The van der Waals surface area contributed by atoms with Crippen LogP contribution in [0, 0.1) is 5.41 Å². The third kappa shape index (κ3) is 2.84. The summed E-state index contributed by atoms with van der Waals surface area (Å²) < 4.78 is 0. The van der Waals surface area contributed by atoms with E-state index in [0.29, 0.717) is 11.5 Å². The molecular formula is C10H19NO. The molecule has 2 heteroatoms. The molecule has 12 heavy (non-hydrogen) atoms. The van der Waals surface area contributed by atoms with E-state index < -0.39 is 0 Å². The molecule has 0 spiro atoms. The Kier molecular flexibility index (Phi) is 3.12. The van der Waals surface area contributed by atoms with Gasteiger partial charge in [0.05, 0.1) is 0 Å². The monoisotopic (exact) mass is 169 g/mol. The Morgan fingerprint density at radius 2 is 2.08 bits per heavy atom. The molecule has 70 valence electrons. The first-order valence-corrected chi connectivity index (χ1v) is 4.84. The lowest BCUT2D eigenvalue weighted by atomic mass is 9.85. The zero-order chi connectivity index (χ0) is 9.03. The van der Waals surface area contributed by atoms with Crippen LogP contribution in [-0.2, 0) is 4.79 Å². The summed E-state index contributed by atoms with van der Waals surface area (Å²) in [5.74, 6) is 0. The first-order chi connectivity index (χ1) is 5.64. The molecule has 1 atom stereocenters. The van der Waals surface area contributed by atoms with Gasteiger partial charge in [-0.1, -0.05) is 20.3 Å². The van der Waals surface area contributed by atoms with Gasteiger partial charge in [0.2, 0.25) is 6.41 Å². The van der Waals surface area contributed by atoms with E-state index in [1.54, 1.807) is 0 Å². The van der Waals surface area contributed by atoms with Gasteiger partial charge >= 0.3 is 0 Å². The van der Waals surface area contributed by atoms with Crippen molar-refractivity contribution in [1.82, 2.24) is 5.32 Å². The molecule has 0 bridgehead atoms. The lowest BCUT2D eigenvalue weighted by molar-refractivity contribution is -0.110. The summed E-state index contributed by atoms with van der Waals surface area (Å²) in [7, 11) is 0. The predicted molar refractivity (Wildman–Crippen MR) is 49.9 cm³/mol. The van der Waals surface area contributed by atoms with Crippen LogP contribution >= 0.6 is 0 Å². The summed E-state index contributed by atoms with van der Waals surface area (Å²) in [5.41, 5.74) is 0.485. The van der Waals surface area contributed by atoms with Crippen molar-refractivity contribution in [3.05, 3.63) is 0 Å². The van der Waals surface area contributed by atoms with E-state index in [4.69, 9.17) is 0 Å². The molecule has 0 radical (unpaired) electrons. The third-order valence-corrected chi connectivity index (χ3v) is 2.88. The molecule has 0 saturated heterocycles. The first kappa shape index (κ1) is 9.56. The van der Waals surface area contributed by atoms with Crippen LogP contribution in [0.1, 0.15) is 46.0 Å². The minimum atomic E-state index is 0.435. The number of rotatable bonds is 2. The summed E-state index contributed by atoms with van der Waals surface area (Å²) in [6.07, 6.45) is 6.91. The van der Waals surface area contributed by atoms with Crippen LogP contribution in [0.2, 0.25) is 0 Å². The standard InChI is InChI=1S/C10H19NO/c1-10(2)6-3-4-9(5-7-10)11-8-12/h8-9H,3-7H2,1-2H3,(H,11,12). The Balaban J connectivity index is 2.39. The van der Waals surface area contributed by atoms with E-state index in [0.717, 1.165) is 19.3 Å². The largest absolute Gasteiger partial charge is 0.356 e. The Morgan fingerprint density at radius 3 is 2.75 bits per heavy atom. The van der Waals surface area contributed by atoms with Crippen molar-refractivity contribution in [2.24, 2.45) is 5.41 Å². The van der Waals surface area contributed by atoms with Crippen molar-refractivity contribution in [3.63, 3.8) is 0 Å². The number of nitrogens with one attached hydrogen (secondary N) is 1. The SMILES string of the molecule is CC1(C)CCCC(NC=O)CC1. The maximum absolute atomic E-state index is 10.2. The quantitative estimate of drug-likeness (QED) is 0.497. The Hall–Kier alpha value is -0.530. The van der Waals surface area contributed by atoms with Gasteiger partial charge in [-0.3, -0.25) is 4.79 Å². The minimum absolute atomic E-state index is 0.435. The summed E-state index contributed by atoms with van der Waals surface area (Å²) in [5, 5.41) is 2.88. The molecule has 1 aliphatic rings. The Bertz CT molecular complexity index is 154. The van der Waals surface area contributed by atoms with Gasteiger partial charge in [0.1, 0.15) is 0 Å². The van der Waals surface area contributed by atoms with Gasteiger partial charge in [-0.2, -0.15) is 0 Å². The number of carbonyl (C=O) groups excluding carboxylic acids is 1. The van der Waals surface area contributed by atoms with Gasteiger partial charge in [0.25, 0.3) is 0 Å². The molecule has 0 aromatic heterocycles. The fourth-order valence-electron chi connectivity index (χ4n) is 1.92.